The minimum absolute atomic E-state index is 0.505. The Labute approximate surface area is 105 Å². The van der Waals surface area contributed by atoms with Gasteiger partial charge in [0.25, 0.3) is 0 Å². The van der Waals surface area contributed by atoms with Crippen LogP contribution in [0.4, 0.5) is 23.3 Å². The summed E-state index contributed by atoms with van der Waals surface area (Å²) in [7, 11) is 0. The van der Waals surface area contributed by atoms with Gasteiger partial charge in [-0.1, -0.05) is 12.1 Å². The molecule has 2 aromatic heterocycles. The molecule has 94 valence electrons. The first kappa shape index (κ1) is 12.0. The van der Waals surface area contributed by atoms with Crippen LogP contribution in [0.2, 0.25) is 0 Å². The molecule has 0 spiro atoms. The normalized spacial score (nSPS) is 10.0. The van der Waals surface area contributed by atoms with Gasteiger partial charge in [-0.15, -0.1) is 0 Å². The maximum absolute atomic E-state index is 5.58. The fourth-order valence-corrected chi connectivity index (χ4v) is 1.48. The van der Waals surface area contributed by atoms with Gasteiger partial charge in [0.15, 0.2) is 0 Å². The van der Waals surface area contributed by atoms with Crippen LogP contribution in [-0.4, -0.2) is 23.1 Å². The third-order valence-corrected chi connectivity index (χ3v) is 2.28. The van der Waals surface area contributed by atoms with E-state index in [0.29, 0.717) is 24.7 Å². The first-order chi connectivity index (χ1) is 8.74. The van der Waals surface area contributed by atoms with Gasteiger partial charge in [0.2, 0.25) is 0 Å². The van der Waals surface area contributed by atoms with Crippen molar-refractivity contribution in [2.75, 3.05) is 35.2 Å². The lowest BCUT2D eigenvalue weighted by atomic mass is 10.4. The van der Waals surface area contributed by atoms with E-state index >= 15 is 0 Å². The Bertz CT molecular complexity index is 466. The van der Waals surface area contributed by atoms with Crippen molar-refractivity contribution in [3.05, 3.63) is 36.4 Å². The van der Waals surface area contributed by atoms with Crippen LogP contribution < -0.4 is 22.1 Å². The third kappa shape index (κ3) is 3.51. The largest absolute Gasteiger partial charge is 0.384 e. The zero-order chi connectivity index (χ0) is 12.8. The van der Waals surface area contributed by atoms with Crippen LogP contribution in [0.15, 0.2) is 36.4 Å². The molecule has 2 heterocycles. The van der Waals surface area contributed by atoms with E-state index in [1.807, 2.05) is 24.3 Å². The summed E-state index contributed by atoms with van der Waals surface area (Å²) in [4.78, 5) is 8.27. The van der Waals surface area contributed by atoms with Crippen molar-refractivity contribution < 1.29 is 0 Å². The highest BCUT2D eigenvalue weighted by molar-refractivity contribution is 5.44. The fraction of sp³-hybridized carbons (Fsp3) is 0.167. The van der Waals surface area contributed by atoms with E-state index in [1.54, 1.807) is 12.1 Å². The van der Waals surface area contributed by atoms with Crippen LogP contribution in [0.25, 0.3) is 0 Å². The third-order valence-electron chi connectivity index (χ3n) is 2.28. The van der Waals surface area contributed by atoms with Gasteiger partial charge >= 0.3 is 0 Å². The zero-order valence-corrected chi connectivity index (χ0v) is 9.93. The number of aromatic nitrogens is 2. The minimum Gasteiger partial charge on any atom is -0.384 e. The molecular weight excluding hydrogens is 228 g/mol. The molecule has 6 heteroatoms. The van der Waals surface area contributed by atoms with E-state index in [0.717, 1.165) is 11.6 Å². The molecule has 6 N–H and O–H groups in total. The molecule has 0 fully saturated rings. The molecule has 2 rings (SSSR count). The Balaban J connectivity index is 1.76. The van der Waals surface area contributed by atoms with Gasteiger partial charge in [-0.2, -0.15) is 0 Å². The average molecular weight is 244 g/mol. The van der Waals surface area contributed by atoms with Crippen molar-refractivity contribution in [2.24, 2.45) is 0 Å². The summed E-state index contributed by atoms with van der Waals surface area (Å²) in [5.41, 5.74) is 11.2. The Morgan fingerprint density at radius 2 is 1.22 bits per heavy atom. The number of hydrogen-bond acceptors (Lipinski definition) is 6. The molecule has 0 amide bonds. The monoisotopic (exact) mass is 244 g/mol. The van der Waals surface area contributed by atoms with Crippen molar-refractivity contribution in [3.8, 4) is 0 Å². The van der Waals surface area contributed by atoms with Crippen LogP contribution in [0.3, 0.4) is 0 Å². The number of anilines is 4. The highest BCUT2D eigenvalue weighted by Gasteiger charge is 1.95. The molecule has 2 aromatic rings. The predicted octanol–water partition coefficient (Wildman–Crippen LogP) is 1.16. The lowest BCUT2D eigenvalue weighted by Crippen LogP contribution is -2.15. The van der Waals surface area contributed by atoms with Gasteiger partial charge in [-0.25, -0.2) is 9.97 Å². The summed E-state index contributed by atoms with van der Waals surface area (Å²) < 4.78 is 0. The molecule has 0 saturated heterocycles. The van der Waals surface area contributed by atoms with E-state index in [4.69, 9.17) is 11.5 Å². The number of nitrogens with two attached hydrogens (primary N) is 2. The average Bonchev–Trinajstić information content (AvgIpc) is 2.35. The SMILES string of the molecule is Nc1cccc(NCCNc2cccc(N)n2)n1. The number of rotatable bonds is 5. The summed E-state index contributed by atoms with van der Waals surface area (Å²) in [6, 6.07) is 11.0. The van der Waals surface area contributed by atoms with Gasteiger partial charge in [-0.05, 0) is 24.3 Å². The Morgan fingerprint density at radius 3 is 1.61 bits per heavy atom. The van der Waals surface area contributed by atoms with Gasteiger partial charge in [0.05, 0.1) is 0 Å². The van der Waals surface area contributed by atoms with Crippen LogP contribution >= 0.6 is 0 Å². The molecule has 0 aromatic carbocycles. The number of hydrogen-bond donors (Lipinski definition) is 4. The Morgan fingerprint density at radius 1 is 0.778 bits per heavy atom. The van der Waals surface area contributed by atoms with Crippen molar-refractivity contribution in [2.45, 2.75) is 0 Å². The molecule has 0 aliphatic carbocycles. The van der Waals surface area contributed by atoms with Crippen molar-refractivity contribution in [1.82, 2.24) is 9.97 Å². The van der Waals surface area contributed by atoms with Gasteiger partial charge in [0, 0.05) is 13.1 Å². The van der Waals surface area contributed by atoms with Gasteiger partial charge in [0.1, 0.15) is 23.3 Å². The van der Waals surface area contributed by atoms with Crippen LogP contribution in [0, 0.1) is 0 Å². The van der Waals surface area contributed by atoms with E-state index in [1.165, 1.54) is 0 Å². The first-order valence-electron chi connectivity index (χ1n) is 5.67. The van der Waals surface area contributed by atoms with Gasteiger partial charge < -0.3 is 22.1 Å². The van der Waals surface area contributed by atoms with Crippen molar-refractivity contribution in [3.63, 3.8) is 0 Å². The maximum Gasteiger partial charge on any atom is 0.128 e. The lowest BCUT2D eigenvalue weighted by Gasteiger charge is -2.08. The number of nitrogens with one attached hydrogen (secondary N) is 2. The summed E-state index contributed by atoms with van der Waals surface area (Å²) in [5.74, 6) is 2.53. The quantitative estimate of drug-likeness (QED) is 0.589. The number of pyridine rings is 2. The lowest BCUT2D eigenvalue weighted by molar-refractivity contribution is 1.05. The van der Waals surface area contributed by atoms with Crippen LogP contribution in [0.5, 0.6) is 0 Å². The summed E-state index contributed by atoms with van der Waals surface area (Å²) in [5, 5.41) is 6.32. The molecule has 18 heavy (non-hydrogen) atoms. The summed E-state index contributed by atoms with van der Waals surface area (Å²) in [6.07, 6.45) is 0. The molecular formula is C12H16N6. The van der Waals surface area contributed by atoms with E-state index < -0.39 is 0 Å². The first-order valence-corrected chi connectivity index (χ1v) is 5.67. The summed E-state index contributed by atoms with van der Waals surface area (Å²) >= 11 is 0. The second kappa shape index (κ2) is 5.72. The molecule has 0 bridgehead atoms. The predicted molar refractivity (Wildman–Crippen MR) is 74.3 cm³/mol. The van der Waals surface area contributed by atoms with E-state index in [2.05, 4.69) is 20.6 Å². The molecule has 6 nitrogen and oxygen atoms in total. The van der Waals surface area contributed by atoms with Gasteiger partial charge in [-0.3, -0.25) is 0 Å². The smallest absolute Gasteiger partial charge is 0.128 e. The standard InChI is InChI=1S/C12H16N6/c13-9-3-1-5-11(17-9)15-7-8-16-12-6-2-4-10(14)18-12/h1-6H,7-8H2,(H3,13,15,17)(H3,14,16,18). The highest BCUT2D eigenvalue weighted by atomic mass is 15.1. The fourth-order valence-electron chi connectivity index (χ4n) is 1.48. The molecule has 0 aliphatic rings. The number of nitrogen functional groups attached to an aromatic ring is 2. The van der Waals surface area contributed by atoms with Crippen LogP contribution in [-0.2, 0) is 0 Å². The zero-order valence-electron chi connectivity index (χ0n) is 9.93. The maximum atomic E-state index is 5.58. The second-order valence-electron chi connectivity index (χ2n) is 3.75. The van der Waals surface area contributed by atoms with Crippen molar-refractivity contribution >= 4 is 23.3 Å². The van der Waals surface area contributed by atoms with Crippen LogP contribution in [0.1, 0.15) is 0 Å². The Hall–Kier alpha value is -2.50. The molecule has 0 unspecified atom stereocenters. The molecule has 0 atom stereocenters. The van der Waals surface area contributed by atoms with E-state index in [9.17, 15) is 0 Å². The topological polar surface area (TPSA) is 102 Å². The molecule has 0 aliphatic heterocycles. The molecule has 0 saturated carbocycles. The van der Waals surface area contributed by atoms with Crippen molar-refractivity contribution in [1.29, 1.82) is 0 Å². The molecule has 0 radical (unpaired) electrons. The number of nitrogens with zero attached hydrogens (tertiary/aromatic N) is 2. The highest BCUT2D eigenvalue weighted by Crippen LogP contribution is 2.06. The minimum atomic E-state index is 0.505. The summed E-state index contributed by atoms with van der Waals surface area (Å²) in [6.45, 7) is 1.43. The van der Waals surface area contributed by atoms with E-state index in [-0.39, 0.29) is 0 Å². The second-order valence-corrected chi connectivity index (χ2v) is 3.75. The Kier molecular flexibility index (Phi) is 3.80.